The molecule has 0 saturated carbocycles. The summed E-state index contributed by atoms with van der Waals surface area (Å²) in [5.41, 5.74) is 1.53. The molecule has 0 spiro atoms. The minimum Gasteiger partial charge on any atom is -0.367 e. The Balaban J connectivity index is 1.83. The van der Waals surface area contributed by atoms with Gasteiger partial charge in [-0.15, -0.1) is 0 Å². The van der Waals surface area contributed by atoms with Crippen molar-refractivity contribution >= 4 is 11.8 Å². The van der Waals surface area contributed by atoms with Gasteiger partial charge in [0.15, 0.2) is 0 Å². The van der Waals surface area contributed by atoms with Gasteiger partial charge in [-0.05, 0) is 30.7 Å². The molecule has 2 rings (SSSR count). The highest BCUT2D eigenvalue weighted by atomic mass is 16.2. The Bertz CT molecular complexity index is 564. The summed E-state index contributed by atoms with van der Waals surface area (Å²) >= 11 is 0. The third-order valence-corrected chi connectivity index (χ3v) is 2.91. The average Bonchev–Trinajstić information content (AvgIpc) is 2.98. The highest BCUT2D eigenvalue weighted by molar-refractivity contribution is 5.97. The van der Waals surface area contributed by atoms with Gasteiger partial charge in [-0.1, -0.05) is 18.2 Å². The van der Waals surface area contributed by atoms with E-state index in [2.05, 4.69) is 15.6 Å². The molecule has 1 aromatic heterocycles. The van der Waals surface area contributed by atoms with Crippen LogP contribution in [-0.4, -0.2) is 22.8 Å². The first-order valence-electron chi connectivity index (χ1n) is 6.42. The van der Waals surface area contributed by atoms with Gasteiger partial charge in [0.05, 0.1) is 0 Å². The molecule has 5 nitrogen and oxygen atoms in total. The van der Waals surface area contributed by atoms with Crippen molar-refractivity contribution in [2.75, 3.05) is 0 Å². The first-order chi connectivity index (χ1) is 9.66. The number of aromatic nitrogens is 1. The quantitative estimate of drug-likeness (QED) is 0.770. The van der Waals surface area contributed by atoms with Gasteiger partial charge in [0, 0.05) is 24.5 Å². The van der Waals surface area contributed by atoms with Crippen LogP contribution < -0.4 is 10.6 Å². The van der Waals surface area contributed by atoms with Crippen molar-refractivity contribution in [1.29, 1.82) is 0 Å². The van der Waals surface area contributed by atoms with Gasteiger partial charge in [-0.2, -0.15) is 0 Å². The summed E-state index contributed by atoms with van der Waals surface area (Å²) in [5, 5.41) is 5.44. The number of benzene rings is 1. The van der Waals surface area contributed by atoms with Crippen molar-refractivity contribution in [2.45, 2.75) is 19.5 Å². The average molecular weight is 271 g/mol. The van der Waals surface area contributed by atoms with Gasteiger partial charge in [-0.3, -0.25) is 9.59 Å². The number of hydrogen-bond acceptors (Lipinski definition) is 2. The molecule has 1 unspecified atom stereocenters. The minimum atomic E-state index is -0.582. The molecule has 1 aromatic carbocycles. The molecule has 2 aromatic rings. The van der Waals surface area contributed by atoms with E-state index in [-0.39, 0.29) is 11.8 Å². The van der Waals surface area contributed by atoms with Crippen LogP contribution in [0.25, 0.3) is 0 Å². The number of H-pyrrole nitrogens is 1. The Morgan fingerprint density at radius 1 is 1.20 bits per heavy atom. The van der Waals surface area contributed by atoms with Crippen LogP contribution in [0.2, 0.25) is 0 Å². The fourth-order valence-corrected chi connectivity index (χ4v) is 1.75. The van der Waals surface area contributed by atoms with E-state index in [1.54, 1.807) is 37.4 Å². The highest BCUT2D eigenvalue weighted by Gasteiger charge is 2.15. The minimum absolute atomic E-state index is 0.213. The van der Waals surface area contributed by atoms with Crippen molar-refractivity contribution in [3.8, 4) is 0 Å². The third kappa shape index (κ3) is 3.71. The Labute approximate surface area is 117 Å². The molecule has 0 saturated heterocycles. The zero-order valence-electron chi connectivity index (χ0n) is 11.2. The summed E-state index contributed by atoms with van der Waals surface area (Å²) in [5.74, 6) is -0.467. The zero-order chi connectivity index (χ0) is 14.4. The number of rotatable bonds is 5. The maximum Gasteiger partial charge on any atom is 0.251 e. The molecule has 3 N–H and O–H groups in total. The number of nitrogens with one attached hydrogen (secondary N) is 3. The van der Waals surface area contributed by atoms with Crippen molar-refractivity contribution in [3.63, 3.8) is 0 Å². The first kappa shape index (κ1) is 13.9. The number of aromatic amines is 1. The van der Waals surface area contributed by atoms with E-state index in [0.29, 0.717) is 12.1 Å². The molecule has 5 heteroatoms. The number of carbonyl (C=O) groups excluding carboxylic acids is 2. The van der Waals surface area contributed by atoms with Crippen molar-refractivity contribution in [2.24, 2.45) is 0 Å². The monoisotopic (exact) mass is 271 g/mol. The fraction of sp³-hybridized carbons (Fsp3) is 0.200. The molecule has 0 aliphatic rings. The van der Waals surface area contributed by atoms with Crippen LogP contribution in [0.3, 0.4) is 0 Å². The van der Waals surface area contributed by atoms with Gasteiger partial charge in [0.1, 0.15) is 6.04 Å². The molecule has 0 aliphatic carbocycles. The zero-order valence-corrected chi connectivity index (χ0v) is 11.2. The topological polar surface area (TPSA) is 74.0 Å². The second kappa shape index (κ2) is 6.56. The Morgan fingerprint density at radius 3 is 2.60 bits per heavy atom. The van der Waals surface area contributed by atoms with Crippen LogP contribution in [0.5, 0.6) is 0 Å². The number of amides is 2. The molecule has 104 valence electrons. The molecular formula is C15H17N3O2. The maximum absolute atomic E-state index is 11.9. The van der Waals surface area contributed by atoms with Crippen LogP contribution in [0.4, 0.5) is 0 Å². The van der Waals surface area contributed by atoms with Gasteiger partial charge >= 0.3 is 0 Å². The maximum atomic E-state index is 11.9. The molecular weight excluding hydrogens is 254 g/mol. The predicted molar refractivity (Wildman–Crippen MR) is 76.0 cm³/mol. The van der Waals surface area contributed by atoms with Crippen molar-refractivity contribution in [3.05, 3.63) is 59.9 Å². The SMILES string of the molecule is CC(NC(=O)c1ccccc1)C(=O)NCc1cc[nH]c1. The number of carbonyl (C=O) groups is 2. The standard InChI is InChI=1S/C15H17N3O2/c1-11(14(19)17-10-12-7-8-16-9-12)18-15(20)13-5-3-2-4-6-13/h2-9,11,16H,10H2,1H3,(H,17,19)(H,18,20). The lowest BCUT2D eigenvalue weighted by Crippen LogP contribution is -2.44. The summed E-state index contributed by atoms with van der Waals surface area (Å²) in [4.78, 5) is 26.7. The van der Waals surface area contributed by atoms with Gasteiger partial charge < -0.3 is 15.6 Å². The van der Waals surface area contributed by atoms with E-state index in [4.69, 9.17) is 0 Å². The summed E-state index contributed by atoms with van der Waals surface area (Å²) in [6, 6.07) is 10.1. The number of hydrogen-bond donors (Lipinski definition) is 3. The fourth-order valence-electron chi connectivity index (χ4n) is 1.75. The van der Waals surface area contributed by atoms with Gasteiger partial charge in [-0.25, -0.2) is 0 Å². The van der Waals surface area contributed by atoms with E-state index in [9.17, 15) is 9.59 Å². The van der Waals surface area contributed by atoms with Crippen molar-refractivity contribution in [1.82, 2.24) is 15.6 Å². The van der Waals surface area contributed by atoms with E-state index < -0.39 is 6.04 Å². The lowest BCUT2D eigenvalue weighted by atomic mass is 10.2. The largest absolute Gasteiger partial charge is 0.367 e. The predicted octanol–water partition coefficient (Wildman–Crippen LogP) is 1.45. The van der Waals surface area contributed by atoms with E-state index in [0.717, 1.165) is 5.56 Å². The van der Waals surface area contributed by atoms with Crippen LogP contribution in [0, 0.1) is 0 Å². The van der Waals surface area contributed by atoms with Gasteiger partial charge in [0.2, 0.25) is 5.91 Å². The van der Waals surface area contributed by atoms with Crippen LogP contribution in [0.1, 0.15) is 22.8 Å². The van der Waals surface area contributed by atoms with Crippen LogP contribution >= 0.6 is 0 Å². The summed E-state index contributed by atoms with van der Waals surface area (Å²) in [7, 11) is 0. The molecule has 2 amide bonds. The van der Waals surface area contributed by atoms with Crippen LogP contribution in [0.15, 0.2) is 48.8 Å². The second-order valence-corrected chi connectivity index (χ2v) is 4.50. The molecule has 0 fully saturated rings. The Hall–Kier alpha value is -2.56. The third-order valence-electron chi connectivity index (χ3n) is 2.91. The van der Waals surface area contributed by atoms with Crippen molar-refractivity contribution < 1.29 is 9.59 Å². The normalized spacial score (nSPS) is 11.7. The van der Waals surface area contributed by atoms with E-state index in [1.807, 2.05) is 18.3 Å². The lowest BCUT2D eigenvalue weighted by Gasteiger charge is -2.13. The van der Waals surface area contributed by atoms with Gasteiger partial charge in [0.25, 0.3) is 5.91 Å². The molecule has 20 heavy (non-hydrogen) atoms. The van der Waals surface area contributed by atoms with E-state index in [1.165, 1.54) is 0 Å². The van der Waals surface area contributed by atoms with E-state index >= 15 is 0 Å². The summed E-state index contributed by atoms with van der Waals surface area (Å²) in [6.45, 7) is 2.10. The van der Waals surface area contributed by atoms with Crippen LogP contribution in [-0.2, 0) is 11.3 Å². The molecule has 0 bridgehead atoms. The lowest BCUT2D eigenvalue weighted by molar-refractivity contribution is -0.122. The second-order valence-electron chi connectivity index (χ2n) is 4.50. The first-order valence-corrected chi connectivity index (χ1v) is 6.42. The molecule has 1 atom stereocenters. The molecule has 0 aliphatic heterocycles. The molecule has 0 radical (unpaired) electrons. The summed E-state index contributed by atoms with van der Waals surface area (Å²) in [6.07, 6.45) is 3.61. The smallest absolute Gasteiger partial charge is 0.251 e. The Kier molecular flexibility index (Phi) is 4.55. The molecule has 1 heterocycles. The Morgan fingerprint density at radius 2 is 1.95 bits per heavy atom. The highest BCUT2D eigenvalue weighted by Crippen LogP contribution is 1.99. The summed E-state index contributed by atoms with van der Waals surface area (Å²) < 4.78 is 0.